The average molecular weight is 343 g/mol. The van der Waals surface area contributed by atoms with Gasteiger partial charge in [-0.25, -0.2) is 0 Å². The van der Waals surface area contributed by atoms with Gasteiger partial charge >= 0.3 is 0 Å². The molecule has 2 rings (SSSR count). The fourth-order valence-corrected chi connectivity index (χ4v) is 3.83. The minimum Gasteiger partial charge on any atom is -0.337 e. The molecule has 1 aliphatic rings. The fraction of sp³-hybridized carbons (Fsp3) is 0.571. The van der Waals surface area contributed by atoms with Crippen LogP contribution in [0.25, 0.3) is 0 Å². The molecule has 0 N–H and O–H groups in total. The quantitative estimate of drug-likeness (QED) is 0.841. The van der Waals surface area contributed by atoms with Crippen molar-refractivity contribution in [1.29, 1.82) is 0 Å². The van der Waals surface area contributed by atoms with Gasteiger partial charge < -0.3 is 4.90 Å². The number of hydrogen-bond donors (Lipinski definition) is 0. The van der Waals surface area contributed by atoms with E-state index < -0.39 is 0 Å². The summed E-state index contributed by atoms with van der Waals surface area (Å²) in [6.45, 7) is 3.91. The van der Waals surface area contributed by atoms with Gasteiger partial charge in [-0.15, -0.1) is 0 Å². The molecule has 1 saturated heterocycles. The lowest BCUT2D eigenvalue weighted by atomic mass is 10.2. The molecule has 2 heterocycles. The van der Waals surface area contributed by atoms with Crippen LogP contribution in [0, 0.1) is 0 Å². The Morgan fingerprint density at radius 3 is 3.11 bits per heavy atom. The number of carbonyl (C=O) groups excluding carboxylic acids is 1. The van der Waals surface area contributed by atoms with Crippen LogP contribution in [0.15, 0.2) is 22.9 Å². The van der Waals surface area contributed by atoms with E-state index in [-0.39, 0.29) is 5.91 Å². The van der Waals surface area contributed by atoms with Gasteiger partial charge in [0.1, 0.15) is 0 Å². The zero-order chi connectivity index (χ0) is 13.7. The SMILES string of the molecule is CCSC1CCCCN(C(=O)c2cncc(Br)c2)C1. The van der Waals surface area contributed by atoms with Crippen molar-refractivity contribution in [2.24, 2.45) is 0 Å². The molecule has 0 bridgehead atoms. The van der Waals surface area contributed by atoms with Crippen LogP contribution in [0.1, 0.15) is 36.5 Å². The maximum atomic E-state index is 12.5. The minimum absolute atomic E-state index is 0.109. The molecule has 0 aromatic carbocycles. The molecule has 1 unspecified atom stereocenters. The van der Waals surface area contributed by atoms with E-state index >= 15 is 0 Å². The number of aromatic nitrogens is 1. The third kappa shape index (κ3) is 4.21. The Morgan fingerprint density at radius 2 is 2.37 bits per heavy atom. The van der Waals surface area contributed by atoms with E-state index in [9.17, 15) is 4.79 Å². The molecule has 1 aromatic heterocycles. The molecule has 3 nitrogen and oxygen atoms in total. The number of pyridine rings is 1. The van der Waals surface area contributed by atoms with Crippen molar-refractivity contribution >= 4 is 33.6 Å². The Bertz CT molecular complexity index is 441. The summed E-state index contributed by atoms with van der Waals surface area (Å²) < 4.78 is 0.854. The Balaban J connectivity index is 2.08. The van der Waals surface area contributed by atoms with E-state index in [1.165, 1.54) is 12.8 Å². The molecular weight excluding hydrogens is 324 g/mol. The Morgan fingerprint density at radius 1 is 1.53 bits per heavy atom. The number of amides is 1. The van der Waals surface area contributed by atoms with Gasteiger partial charge in [0.05, 0.1) is 5.56 Å². The molecule has 1 atom stereocenters. The van der Waals surface area contributed by atoms with Crippen molar-refractivity contribution in [3.63, 3.8) is 0 Å². The average Bonchev–Trinajstić information content (AvgIpc) is 2.64. The number of thioether (sulfide) groups is 1. The molecule has 1 fully saturated rings. The van der Waals surface area contributed by atoms with E-state index in [0.717, 1.165) is 29.7 Å². The van der Waals surface area contributed by atoms with Gasteiger partial charge in [-0.2, -0.15) is 11.8 Å². The number of halogens is 1. The van der Waals surface area contributed by atoms with Crippen LogP contribution in [0.4, 0.5) is 0 Å². The predicted molar refractivity (Wildman–Crippen MR) is 83.6 cm³/mol. The largest absolute Gasteiger partial charge is 0.337 e. The second-order valence-electron chi connectivity index (χ2n) is 4.72. The molecule has 1 aromatic rings. The van der Waals surface area contributed by atoms with Crippen molar-refractivity contribution in [3.8, 4) is 0 Å². The lowest BCUT2D eigenvalue weighted by Gasteiger charge is -2.24. The van der Waals surface area contributed by atoms with Crippen LogP contribution >= 0.6 is 27.7 Å². The smallest absolute Gasteiger partial charge is 0.255 e. The fourth-order valence-electron chi connectivity index (χ4n) is 2.37. The zero-order valence-corrected chi connectivity index (χ0v) is 13.5. The van der Waals surface area contributed by atoms with E-state index in [2.05, 4.69) is 27.8 Å². The summed E-state index contributed by atoms with van der Waals surface area (Å²) in [7, 11) is 0. The van der Waals surface area contributed by atoms with E-state index in [4.69, 9.17) is 0 Å². The molecule has 1 amide bonds. The van der Waals surface area contributed by atoms with Gasteiger partial charge in [0.2, 0.25) is 0 Å². The summed E-state index contributed by atoms with van der Waals surface area (Å²) in [5.41, 5.74) is 0.677. The Kier molecular flexibility index (Phi) is 5.70. The molecule has 5 heteroatoms. The maximum Gasteiger partial charge on any atom is 0.255 e. The maximum absolute atomic E-state index is 12.5. The standard InChI is InChI=1S/C14H19BrN2OS/c1-2-19-13-5-3-4-6-17(10-13)14(18)11-7-12(15)9-16-8-11/h7-9,13H,2-6,10H2,1H3. The van der Waals surface area contributed by atoms with Gasteiger partial charge in [-0.05, 0) is 40.6 Å². The number of nitrogens with zero attached hydrogens (tertiary/aromatic N) is 2. The molecule has 0 radical (unpaired) electrons. The summed E-state index contributed by atoms with van der Waals surface area (Å²) >= 11 is 5.34. The molecule has 0 spiro atoms. The highest BCUT2D eigenvalue weighted by atomic mass is 79.9. The second kappa shape index (κ2) is 7.29. The van der Waals surface area contributed by atoms with Crippen molar-refractivity contribution in [3.05, 3.63) is 28.5 Å². The van der Waals surface area contributed by atoms with Gasteiger partial charge in [-0.1, -0.05) is 13.3 Å². The first-order valence-electron chi connectivity index (χ1n) is 6.72. The minimum atomic E-state index is 0.109. The van der Waals surface area contributed by atoms with Crippen LogP contribution in [0.5, 0.6) is 0 Å². The van der Waals surface area contributed by atoms with E-state index in [1.54, 1.807) is 12.4 Å². The number of hydrogen-bond acceptors (Lipinski definition) is 3. The first-order valence-corrected chi connectivity index (χ1v) is 8.56. The first kappa shape index (κ1) is 14.9. The predicted octanol–water partition coefficient (Wildman–Crippen LogP) is 3.59. The first-order chi connectivity index (χ1) is 9.20. The zero-order valence-electron chi connectivity index (χ0n) is 11.1. The van der Waals surface area contributed by atoms with Crippen molar-refractivity contribution in [2.75, 3.05) is 18.8 Å². The van der Waals surface area contributed by atoms with E-state index in [1.807, 2.05) is 22.7 Å². The van der Waals surface area contributed by atoms with Crippen LogP contribution in [-0.4, -0.2) is 39.9 Å². The highest BCUT2D eigenvalue weighted by molar-refractivity contribution is 9.10. The number of carbonyl (C=O) groups is 1. The Labute approximate surface area is 127 Å². The van der Waals surface area contributed by atoms with Crippen molar-refractivity contribution in [1.82, 2.24) is 9.88 Å². The third-order valence-corrected chi connectivity index (χ3v) is 4.89. The lowest BCUT2D eigenvalue weighted by molar-refractivity contribution is 0.0763. The highest BCUT2D eigenvalue weighted by Crippen LogP contribution is 2.23. The van der Waals surface area contributed by atoms with Gasteiger partial charge in [-0.3, -0.25) is 9.78 Å². The number of likely N-dealkylation sites (tertiary alicyclic amines) is 1. The topological polar surface area (TPSA) is 33.2 Å². The number of rotatable bonds is 3. The van der Waals surface area contributed by atoms with E-state index in [0.29, 0.717) is 10.8 Å². The van der Waals surface area contributed by atoms with Crippen LogP contribution in [0.3, 0.4) is 0 Å². The monoisotopic (exact) mass is 342 g/mol. The summed E-state index contributed by atoms with van der Waals surface area (Å²) in [6.07, 6.45) is 6.90. The molecule has 0 saturated carbocycles. The lowest BCUT2D eigenvalue weighted by Crippen LogP contribution is -2.35. The highest BCUT2D eigenvalue weighted by Gasteiger charge is 2.23. The molecular formula is C14H19BrN2OS. The molecule has 0 aliphatic carbocycles. The summed E-state index contributed by atoms with van der Waals surface area (Å²) in [6, 6.07) is 1.85. The van der Waals surface area contributed by atoms with Crippen molar-refractivity contribution < 1.29 is 4.79 Å². The van der Waals surface area contributed by atoms with Crippen LogP contribution < -0.4 is 0 Å². The normalized spacial score (nSPS) is 20.1. The Hall–Kier alpha value is -0.550. The molecule has 19 heavy (non-hydrogen) atoms. The summed E-state index contributed by atoms with van der Waals surface area (Å²) in [4.78, 5) is 18.6. The summed E-state index contributed by atoms with van der Waals surface area (Å²) in [5, 5.41) is 0.580. The van der Waals surface area contributed by atoms with Gasteiger partial charge in [0.25, 0.3) is 5.91 Å². The summed E-state index contributed by atoms with van der Waals surface area (Å²) in [5.74, 6) is 1.22. The second-order valence-corrected chi connectivity index (χ2v) is 7.21. The van der Waals surface area contributed by atoms with Crippen LogP contribution in [0.2, 0.25) is 0 Å². The third-order valence-electron chi connectivity index (χ3n) is 3.27. The van der Waals surface area contributed by atoms with Crippen LogP contribution in [-0.2, 0) is 0 Å². The molecule has 1 aliphatic heterocycles. The van der Waals surface area contributed by atoms with Gasteiger partial charge in [0, 0.05) is 35.2 Å². The van der Waals surface area contributed by atoms with Crippen molar-refractivity contribution in [2.45, 2.75) is 31.4 Å². The van der Waals surface area contributed by atoms with Gasteiger partial charge in [0.15, 0.2) is 0 Å². The molecule has 104 valence electrons.